The highest BCUT2D eigenvalue weighted by Gasteiger charge is 2.09. The Bertz CT molecular complexity index is 568. The lowest BCUT2D eigenvalue weighted by atomic mass is 10.3. The summed E-state index contributed by atoms with van der Waals surface area (Å²) < 4.78 is 1.34. The number of aromatic hydroxyl groups is 1. The van der Waals surface area contributed by atoms with Gasteiger partial charge in [0, 0.05) is 18.3 Å². The molecule has 0 aromatic carbocycles. The fourth-order valence-corrected chi connectivity index (χ4v) is 1.57. The maximum absolute atomic E-state index is 9.75. The molecule has 5 heteroatoms. The van der Waals surface area contributed by atoms with Gasteiger partial charge in [0.1, 0.15) is 0 Å². The zero-order valence-corrected chi connectivity index (χ0v) is 9.46. The zero-order valence-electron chi connectivity index (χ0n) is 9.46. The number of nitrogens with zero attached hydrogens (tertiary/aromatic N) is 4. The highest BCUT2D eigenvalue weighted by molar-refractivity contribution is 5.37. The molecule has 0 aliphatic rings. The molecule has 0 saturated carbocycles. The first-order valence-corrected chi connectivity index (χ1v) is 5.39. The third-order valence-corrected chi connectivity index (χ3v) is 2.34. The summed E-state index contributed by atoms with van der Waals surface area (Å²) >= 11 is 0. The first kappa shape index (κ1) is 11.1. The van der Waals surface area contributed by atoms with E-state index in [1.165, 1.54) is 10.9 Å². The molecule has 0 atom stereocenters. The Morgan fingerprint density at radius 3 is 3.00 bits per heavy atom. The molecule has 1 N–H and O–H groups in total. The number of aromatic nitrogens is 3. The predicted octanol–water partition coefficient (Wildman–Crippen LogP) is 1.80. The number of hydrogen-bond donors (Lipinski definition) is 1. The number of hydrogen-bond acceptors (Lipinski definition) is 4. The molecule has 0 unspecified atom stereocenters. The van der Waals surface area contributed by atoms with Gasteiger partial charge in [-0.1, -0.05) is 13.3 Å². The van der Waals surface area contributed by atoms with Gasteiger partial charge < -0.3 is 5.11 Å². The molecule has 0 radical (unpaired) electrons. The Hall–Kier alpha value is -2.35. The van der Waals surface area contributed by atoms with Gasteiger partial charge in [-0.05, 0) is 12.5 Å². The number of pyridine rings is 1. The van der Waals surface area contributed by atoms with Gasteiger partial charge in [-0.3, -0.25) is 0 Å². The van der Waals surface area contributed by atoms with Crippen LogP contribution in [0.15, 0.2) is 24.4 Å². The van der Waals surface area contributed by atoms with E-state index in [-0.39, 0.29) is 5.88 Å². The van der Waals surface area contributed by atoms with E-state index in [1.54, 1.807) is 18.2 Å². The molecular weight excluding hydrogens is 216 g/mol. The second kappa shape index (κ2) is 4.66. The third-order valence-electron chi connectivity index (χ3n) is 2.34. The first-order chi connectivity index (χ1) is 8.24. The molecular formula is C12H12N4O. The van der Waals surface area contributed by atoms with Crippen LogP contribution >= 0.6 is 0 Å². The minimum Gasteiger partial charge on any atom is -0.493 e. The van der Waals surface area contributed by atoms with Crippen molar-refractivity contribution in [3.05, 3.63) is 35.7 Å². The van der Waals surface area contributed by atoms with Gasteiger partial charge in [0.25, 0.3) is 0 Å². The molecule has 2 aromatic heterocycles. The summed E-state index contributed by atoms with van der Waals surface area (Å²) in [5.41, 5.74) is 1.30. The molecule has 0 bridgehead atoms. The summed E-state index contributed by atoms with van der Waals surface area (Å²) in [6.45, 7) is 2.05. The monoisotopic (exact) mass is 228 g/mol. The molecule has 2 rings (SSSR count). The highest BCUT2D eigenvalue weighted by atomic mass is 16.3. The summed E-state index contributed by atoms with van der Waals surface area (Å²) in [6.07, 6.45) is 3.29. The van der Waals surface area contributed by atoms with Crippen molar-refractivity contribution in [3.8, 4) is 17.8 Å². The summed E-state index contributed by atoms with van der Waals surface area (Å²) in [4.78, 5) is 4.08. The van der Waals surface area contributed by atoms with E-state index >= 15 is 0 Å². The lowest BCUT2D eigenvalue weighted by Crippen LogP contribution is -2.00. The summed E-state index contributed by atoms with van der Waals surface area (Å²) in [6, 6.07) is 6.83. The summed E-state index contributed by atoms with van der Waals surface area (Å²) in [7, 11) is 0. The lowest BCUT2D eigenvalue weighted by molar-refractivity contribution is 0.432. The Balaban J connectivity index is 2.42. The summed E-state index contributed by atoms with van der Waals surface area (Å²) in [5.74, 6) is 0.486. The molecule has 0 fully saturated rings. The van der Waals surface area contributed by atoms with E-state index in [0.29, 0.717) is 11.4 Å². The smallest absolute Gasteiger partial charge is 0.215 e. The first-order valence-electron chi connectivity index (χ1n) is 5.39. The van der Waals surface area contributed by atoms with E-state index in [0.717, 1.165) is 18.5 Å². The second-order valence-electron chi connectivity index (χ2n) is 3.67. The molecule has 5 nitrogen and oxygen atoms in total. The van der Waals surface area contributed by atoms with E-state index in [2.05, 4.69) is 10.1 Å². The van der Waals surface area contributed by atoms with E-state index < -0.39 is 0 Å². The molecule has 0 amide bonds. The Kier molecular flexibility index (Phi) is 3.06. The van der Waals surface area contributed by atoms with Crippen LogP contribution in [0.25, 0.3) is 5.82 Å². The van der Waals surface area contributed by atoms with Crippen LogP contribution in [0.5, 0.6) is 5.88 Å². The topological polar surface area (TPSA) is 74.7 Å². The van der Waals surface area contributed by atoms with E-state index in [1.807, 2.05) is 13.0 Å². The third kappa shape index (κ3) is 2.26. The molecule has 86 valence electrons. The fraction of sp³-hybridized carbons (Fsp3) is 0.250. The van der Waals surface area contributed by atoms with Crippen LogP contribution in [-0.2, 0) is 6.42 Å². The SMILES string of the molecule is CCCc1cc(O)n(-c2cc(C#N)ccn2)n1. The quantitative estimate of drug-likeness (QED) is 0.869. The Morgan fingerprint density at radius 2 is 2.29 bits per heavy atom. The minimum atomic E-state index is 0.0380. The molecule has 0 saturated heterocycles. The number of aryl methyl sites for hydroxylation is 1. The van der Waals surface area contributed by atoms with Crippen molar-refractivity contribution in [1.29, 1.82) is 5.26 Å². The maximum atomic E-state index is 9.75. The van der Waals surface area contributed by atoms with Crippen molar-refractivity contribution < 1.29 is 5.11 Å². The molecule has 2 aromatic rings. The molecule has 0 spiro atoms. The van der Waals surface area contributed by atoms with Gasteiger partial charge in [0.15, 0.2) is 5.82 Å². The number of nitriles is 1. The fourth-order valence-electron chi connectivity index (χ4n) is 1.57. The van der Waals surface area contributed by atoms with Crippen molar-refractivity contribution in [2.24, 2.45) is 0 Å². The van der Waals surface area contributed by atoms with Crippen LogP contribution in [0.1, 0.15) is 24.6 Å². The van der Waals surface area contributed by atoms with Crippen molar-refractivity contribution in [3.63, 3.8) is 0 Å². The van der Waals surface area contributed by atoms with Crippen molar-refractivity contribution in [1.82, 2.24) is 14.8 Å². The standard InChI is InChI=1S/C12H12N4O/c1-2-3-10-7-12(17)16(15-10)11-6-9(8-13)4-5-14-11/h4-7,17H,2-3H2,1H3. The van der Waals surface area contributed by atoms with Crippen LogP contribution in [0.3, 0.4) is 0 Å². The molecule has 2 heterocycles. The predicted molar refractivity (Wildman–Crippen MR) is 61.7 cm³/mol. The largest absolute Gasteiger partial charge is 0.493 e. The Labute approximate surface area is 99.0 Å². The highest BCUT2D eigenvalue weighted by Crippen LogP contribution is 2.17. The van der Waals surface area contributed by atoms with Crippen LogP contribution < -0.4 is 0 Å². The summed E-state index contributed by atoms with van der Waals surface area (Å²) in [5, 5.41) is 22.8. The average molecular weight is 228 g/mol. The van der Waals surface area contributed by atoms with E-state index in [4.69, 9.17) is 5.26 Å². The molecule has 0 aliphatic heterocycles. The van der Waals surface area contributed by atoms with Gasteiger partial charge in [-0.2, -0.15) is 15.0 Å². The zero-order chi connectivity index (χ0) is 12.3. The lowest BCUT2D eigenvalue weighted by Gasteiger charge is -2.01. The van der Waals surface area contributed by atoms with Crippen molar-refractivity contribution >= 4 is 0 Å². The van der Waals surface area contributed by atoms with Gasteiger partial charge >= 0.3 is 0 Å². The van der Waals surface area contributed by atoms with Gasteiger partial charge in [0.2, 0.25) is 5.88 Å². The van der Waals surface area contributed by atoms with Gasteiger partial charge in [-0.15, -0.1) is 0 Å². The second-order valence-corrected chi connectivity index (χ2v) is 3.67. The number of rotatable bonds is 3. The average Bonchev–Trinajstić information content (AvgIpc) is 2.71. The minimum absolute atomic E-state index is 0.0380. The Morgan fingerprint density at radius 1 is 1.47 bits per heavy atom. The molecule has 0 aliphatic carbocycles. The normalized spacial score (nSPS) is 10.1. The maximum Gasteiger partial charge on any atom is 0.215 e. The van der Waals surface area contributed by atoms with E-state index in [9.17, 15) is 5.11 Å². The van der Waals surface area contributed by atoms with Crippen molar-refractivity contribution in [2.45, 2.75) is 19.8 Å². The van der Waals surface area contributed by atoms with Crippen LogP contribution in [0.2, 0.25) is 0 Å². The van der Waals surface area contributed by atoms with Crippen LogP contribution in [-0.4, -0.2) is 19.9 Å². The molecule has 17 heavy (non-hydrogen) atoms. The van der Waals surface area contributed by atoms with Crippen LogP contribution in [0, 0.1) is 11.3 Å². The van der Waals surface area contributed by atoms with Gasteiger partial charge in [0.05, 0.1) is 17.3 Å². The van der Waals surface area contributed by atoms with Gasteiger partial charge in [-0.25, -0.2) is 4.98 Å². The van der Waals surface area contributed by atoms with Crippen LogP contribution in [0.4, 0.5) is 0 Å². The van der Waals surface area contributed by atoms with Crippen molar-refractivity contribution in [2.75, 3.05) is 0 Å².